The quantitative estimate of drug-likeness (QED) is 0.570. The van der Waals surface area contributed by atoms with Gasteiger partial charge in [-0.3, -0.25) is 0 Å². The highest BCUT2D eigenvalue weighted by molar-refractivity contribution is 14.1. The molecule has 7 nitrogen and oxygen atoms in total. The van der Waals surface area contributed by atoms with Crippen LogP contribution < -0.4 is 15.3 Å². The summed E-state index contributed by atoms with van der Waals surface area (Å²) in [7, 11) is 2.08. The molecule has 4 rings (SSSR count). The molecule has 2 aliphatic heterocycles. The van der Waals surface area contributed by atoms with Crippen LogP contribution in [0, 0.1) is 6.92 Å². The number of ether oxygens (including phenoxy) is 1. The van der Waals surface area contributed by atoms with Crippen molar-refractivity contribution in [2.24, 2.45) is 0 Å². The van der Waals surface area contributed by atoms with Crippen LogP contribution in [0.4, 0.5) is 5.82 Å². The van der Waals surface area contributed by atoms with E-state index < -0.39 is 0 Å². The van der Waals surface area contributed by atoms with Crippen LogP contribution in [0.5, 0.6) is 5.75 Å². The van der Waals surface area contributed by atoms with Crippen LogP contribution in [0.1, 0.15) is 5.69 Å². The third-order valence-corrected chi connectivity index (χ3v) is 5.71. The van der Waals surface area contributed by atoms with Gasteiger partial charge in [0.15, 0.2) is 11.4 Å². The van der Waals surface area contributed by atoms with E-state index in [0.717, 1.165) is 25.0 Å². The lowest BCUT2D eigenvalue weighted by Crippen LogP contribution is -2.54. The van der Waals surface area contributed by atoms with Gasteiger partial charge in [0.25, 0.3) is 0 Å². The molecule has 1 unspecified atom stereocenters. The van der Waals surface area contributed by atoms with Gasteiger partial charge in [-0.1, -0.05) is 11.6 Å². The van der Waals surface area contributed by atoms with Gasteiger partial charge in [-0.25, -0.2) is 12.6 Å². The molecule has 122 valence electrons. The molecule has 0 spiro atoms. The molecule has 0 aliphatic carbocycles. The van der Waals surface area contributed by atoms with Gasteiger partial charge in [0.2, 0.25) is 0 Å². The fourth-order valence-electron chi connectivity index (χ4n) is 3.22. The smallest absolute Gasteiger partial charge is 0.360 e. The average molecular weight is 448 g/mol. The van der Waals surface area contributed by atoms with Crippen LogP contribution in [0.15, 0.2) is 4.79 Å². The standard InChI is InChI=1S/C14H15ClIN5O2/c1-7-10(15)11-9-12(18-14(22)21(16)13(9)17-7)20-4-3-19(2)5-8(20)6-23-11/h8H,3-6H2,1-2H3. The Morgan fingerprint density at radius 3 is 2.91 bits per heavy atom. The SMILES string of the molecule is Cc1nc2c3c(nc(=O)n2I)N2CCN(C)CC2COc3c1Cl. The van der Waals surface area contributed by atoms with Crippen LogP contribution in [0.25, 0.3) is 11.0 Å². The normalized spacial score (nSPS) is 21.0. The maximum atomic E-state index is 12.3. The molecule has 0 saturated carbocycles. The summed E-state index contributed by atoms with van der Waals surface area (Å²) in [6.45, 7) is 4.88. The number of nitrogens with zero attached hydrogens (tertiary/aromatic N) is 5. The van der Waals surface area contributed by atoms with Crippen molar-refractivity contribution in [3.05, 3.63) is 21.2 Å². The Balaban J connectivity index is 2.06. The van der Waals surface area contributed by atoms with E-state index in [-0.39, 0.29) is 11.7 Å². The van der Waals surface area contributed by atoms with Crippen LogP contribution in [-0.4, -0.2) is 57.0 Å². The van der Waals surface area contributed by atoms with Crippen LogP contribution >= 0.6 is 34.5 Å². The summed E-state index contributed by atoms with van der Waals surface area (Å²) in [5.74, 6) is 1.22. The molecule has 1 fully saturated rings. The van der Waals surface area contributed by atoms with E-state index in [1.807, 2.05) is 29.8 Å². The summed E-state index contributed by atoms with van der Waals surface area (Å²) in [4.78, 5) is 25.5. The molecular weight excluding hydrogens is 433 g/mol. The molecule has 9 heteroatoms. The highest BCUT2D eigenvalue weighted by Gasteiger charge is 2.34. The molecule has 0 amide bonds. The van der Waals surface area contributed by atoms with E-state index in [1.165, 1.54) is 2.78 Å². The van der Waals surface area contributed by atoms with Gasteiger partial charge < -0.3 is 14.5 Å². The first-order valence-corrected chi connectivity index (χ1v) is 8.68. The summed E-state index contributed by atoms with van der Waals surface area (Å²) in [5.41, 5.74) is 0.873. The zero-order valence-corrected chi connectivity index (χ0v) is 15.6. The summed E-state index contributed by atoms with van der Waals surface area (Å²) in [6.07, 6.45) is 0. The van der Waals surface area contributed by atoms with Crippen molar-refractivity contribution in [2.75, 3.05) is 38.2 Å². The number of hydrogen-bond donors (Lipinski definition) is 0. The molecule has 2 aliphatic rings. The van der Waals surface area contributed by atoms with Crippen molar-refractivity contribution >= 4 is 51.3 Å². The monoisotopic (exact) mass is 447 g/mol. The molecule has 1 saturated heterocycles. The molecule has 2 aromatic rings. The van der Waals surface area contributed by atoms with Gasteiger partial charge in [0, 0.05) is 19.6 Å². The first kappa shape index (κ1) is 15.4. The molecule has 0 bridgehead atoms. The number of aryl methyl sites for hydroxylation is 1. The van der Waals surface area contributed by atoms with E-state index in [1.54, 1.807) is 0 Å². The lowest BCUT2D eigenvalue weighted by atomic mass is 10.1. The number of anilines is 1. The van der Waals surface area contributed by atoms with Gasteiger partial charge in [0.1, 0.15) is 22.8 Å². The van der Waals surface area contributed by atoms with Gasteiger partial charge in [-0.2, -0.15) is 4.98 Å². The second-order valence-electron chi connectivity index (χ2n) is 5.96. The molecular formula is C14H15ClIN5O2. The Bertz CT molecular complexity index is 871. The van der Waals surface area contributed by atoms with E-state index in [4.69, 9.17) is 16.3 Å². The molecule has 4 heterocycles. The summed E-state index contributed by atoms with van der Waals surface area (Å²) in [6, 6.07) is 0.137. The fraction of sp³-hybridized carbons (Fsp3) is 0.500. The number of piperazine rings is 1. The van der Waals surface area contributed by atoms with Crippen LogP contribution in [0.2, 0.25) is 5.02 Å². The van der Waals surface area contributed by atoms with Gasteiger partial charge in [-0.15, -0.1) is 0 Å². The molecule has 0 radical (unpaired) electrons. The Morgan fingerprint density at radius 1 is 1.35 bits per heavy atom. The second kappa shape index (κ2) is 5.45. The zero-order valence-electron chi connectivity index (χ0n) is 12.7. The molecule has 2 aromatic heterocycles. The Labute approximate surface area is 151 Å². The molecule has 23 heavy (non-hydrogen) atoms. The molecule has 1 atom stereocenters. The average Bonchev–Trinajstić information content (AvgIpc) is 2.67. The Kier molecular flexibility index (Phi) is 3.65. The minimum absolute atomic E-state index is 0.137. The number of hydrogen-bond acceptors (Lipinski definition) is 6. The van der Waals surface area contributed by atoms with Gasteiger partial charge in [-0.05, 0) is 14.0 Å². The van der Waals surface area contributed by atoms with E-state index in [2.05, 4.69) is 26.8 Å². The Hall–Kier alpha value is -1.13. The van der Waals surface area contributed by atoms with Crippen molar-refractivity contribution in [3.8, 4) is 5.75 Å². The third kappa shape index (κ3) is 2.30. The topological polar surface area (TPSA) is 63.5 Å². The zero-order chi connectivity index (χ0) is 16.3. The minimum Gasteiger partial charge on any atom is -0.489 e. The molecule has 0 N–H and O–H groups in total. The lowest BCUT2D eigenvalue weighted by Gasteiger charge is -2.39. The first-order chi connectivity index (χ1) is 11.0. The van der Waals surface area contributed by atoms with E-state index in [9.17, 15) is 4.79 Å². The number of halogens is 2. The number of aromatic nitrogens is 3. The minimum atomic E-state index is -0.326. The first-order valence-electron chi connectivity index (χ1n) is 7.34. The van der Waals surface area contributed by atoms with E-state index >= 15 is 0 Å². The van der Waals surface area contributed by atoms with Gasteiger partial charge >= 0.3 is 5.69 Å². The molecule has 0 aromatic carbocycles. The summed E-state index contributed by atoms with van der Waals surface area (Å²) < 4.78 is 7.47. The fourth-order valence-corrected chi connectivity index (χ4v) is 3.87. The van der Waals surface area contributed by atoms with Crippen molar-refractivity contribution in [3.63, 3.8) is 0 Å². The highest BCUT2D eigenvalue weighted by Crippen LogP contribution is 2.41. The highest BCUT2D eigenvalue weighted by atomic mass is 127. The number of rotatable bonds is 0. The van der Waals surface area contributed by atoms with Gasteiger partial charge in [0.05, 0.1) is 34.6 Å². The maximum absolute atomic E-state index is 12.3. The number of likely N-dealkylation sites (N-methyl/N-ethyl adjacent to an activating group) is 1. The predicted molar refractivity (Wildman–Crippen MR) is 97.1 cm³/mol. The number of fused-ring (bicyclic) bond motifs is 2. The lowest BCUT2D eigenvalue weighted by molar-refractivity contribution is 0.208. The van der Waals surface area contributed by atoms with E-state index in [0.29, 0.717) is 34.5 Å². The van der Waals surface area contributed by atoms with Crippen LogP contribution in [0.3, 0.4) is 0 Å². The Morgan fingerprint density at radius 2 is 2.13 bits per heavy atom. The van der Waals surface area contributed by atoms with Crippen molar-refractivity contribution in [1.82, 2.24) is 17.6 Å². The van der Waals surface area contributed by atoms with Crippen molar-refractivity contribution in [2.45, 2.75) is 13.0 Å². The predicted octanol–water partition coefficient (Wildman–Crippen LogP) is 1.46. The van der Waals surface area contributed by atoms with Crippen molar-refractivity contribution in [1.29, 1.82) is 0 Å². The summed E-state index contributed by atoms with van der Waals surface area (Å²) >= 11 is 8.36. The number of pyridine rings is 1. The third-order valence-electron chi connectivity index (χ3n) is 4.40. The second-order valence-corrected chi connectivity index (χ2v) is 7.30. The largest absolute Gasteiger partial charge is 0.489 e. The van der Waals surface area contributed by atoms with Crippen molar-refractivity contribution < 1.29 is 4.74 Å². The van der Waals surface area contributed by atoms with Crippen LogP contribution in [-0.2, 0) is 0 Å². The maximum Gasteiger partial charge on any atom is 0.360 e. The summed E-state index contributed by atoms with van der Waals surface area (Å²) in [5, 5.41) is 1.21.